The van der Waals surface area contributed by atoms with E-state index < -0.39 is 11.9 Å². The topological polar surface area (TPSA) is 72.7 Å². The number of carbonyl (C=O) groups excluding carboxylic acids is 1. The quantitative estimate of drug-likeness (QED) is 0.747. The second-order valence-corrected chi connectivity index (χ2v) is 4.24. The minimum atomic E-state index is -0.694. The highest BCUT2D eigenvalue weighted by Gasteiger charge is 2.08. The first-order chi connectivity index (χ1) is 10.2. The van der Waals surface area contributed by atoms with Crippen LogP contribution in [0.5, 0.6) is 0 Å². The van der Waals surface area contributed by atoms with Crippen molar-refractivity contribution in [1.29, 1.82) is 0 Å². The summed E-state index contributed by atoms with van der Waals surface area (Å²) in [5, 5.41) is 10.1. The van der Waals surface area contributed by atoms with Gasteiger partial charge in [0.15, 0.2) is 0 Å². The summed E-state index contributed by atoms with van der Waals surface area (Å²) in [7, 11) is 0. The zero-order valence-electron chi connectivity index (χ0n) is 10.8. The van der Waals surface area contributed by atoms with Crippen LogP contribution in [0, 0.1) is 5.95 Å². The fraction of sp³-hybridized carbons (Fsp3) is 0. The number of aromatic nitrogens is 4. The van der Waals surface area contributed by atoms with Crippen LogP contribution in [0.15, 0.2) is 55.2 Å². The maximum atomic E-state index is 13.0. The molecule has 0 aliphatic rings. The Morgan fingerprint density at radius 1 is 1.14 bits per heavy atom. The lowest BCUT2D eigenvalue weighted by molar-refractivity contribution is 0.102. The van der Waals surface area contributed by atoms with E-state index in [1.807, 2.05) is 6.07 Å². The van der Waals surface area contributed by atoms with E-state index in [0.717, 1.165) is 11.8 Å². The van der Waals surface area contributed by atoms with E-state index in [2.05, 4.69) is 20.5 Å². The molecular formula is C14H10FN5O. The Labute approximate surface area is 119 Å². The Bertz CT molecular complexity index is 773. The van der Waals surface area contributed by atoms with Crippen LogP contribution in [0.4, 0.5) is 10.1 Å². The largest absolute Gasteiger partial charge is 0.322 e. The first kappa shape index (κ1) is 12.9. The van der Waals surface area contributed by atoms with Gasteiger partial charge in [-0.15, -0.1) is 10.2 Å². The number of amides is 1. The van der Waals surface area contributed by atoms with Gasteiger partial charge in [0, 0.05) is 23.5 Å². The first-order valence-corrected chi connectivity index (χ1v) is 6.10. The van der Waals surface area contributed by atoms with E-state index in [1.54, 1.807) is 35.4 Å². The van der Waals surface area contributed by atoms with E-state index in [4.69, 9.17) is 0 Å². The SMILES string of the molecule is O=C(Nc1cccc(-n2cnnc2)c1)c1ccnc(F)c1. The molecule has 0 fully saturated rings. The molecule has 0 spiro atoms. The number of hydrogen-bond acceptors (Lipinski definition) is 4. The second kappa shape index (κ2) is 5.49. The molecule has 3 rings (SSSR count). The number of halogens is 1. The van der Waals surface area contributed by atoms with Gasteiger partial charge in [-0.25, -0.2) is 4.98 Å². The van der Waals surface area contributed by atoms with E-state index in [-0.39, 0.29) is 5.56 Å². The molecule has 1 amide bonds. The summed E-state index contributed by atoms with van der Waals surface area (Å²) >= 11 is 0. The molecule has 2 aromatic heterocycles. The molecule has 3 aromatic rings. The number of benzene rings is 1. The minimum Gasteiger partial charge on any atom is -0.322 e. The van der Waals surface area contributed by atoms with Gasteiger partial charge in [0.1, 0.15) is 12.7 Å². The van der Waals surface area contributed by atoms with Gasteiger partial charge < -0.3 is 5.32 Å². The van der Waals surface area contributed by atoms with Crippen molar-refractivity contribution in [3.05, 3.63) is 66.8 Å². The summed E-state index contributed by atoms with van der Waals surface area (Å²) in [6.45, 7) is 0. The average Bonchev–Trinajstić information content (AvgIpc) is 3.02. The third-order valence-electron chi connectivity index (χ3n) is 2.81. The average molecular weight is 283 g/mol. The number of rotatable bonds is 3. The number of nitrogens with zero attached hydrogens (tertiary/aromatic N) is 4. The Hall–Kier alpha value is -3.09. The summed E-state index contributed by atoms with van der Waals surface area (Å²) in [5.74, 6) is -1.10. The van der Waals surface area contributed by atoms with Gasteiger partial charge >= 0.3 is 0 Å². The molecule has 2 heterocycles. The predicted octanol–water partition coefficient (Wildman–Crippen LogP) is 2.05. The summed E-state index contributed by atoms with van der Waals surface area (Å²) in [6.07, 6.45) is 4.36. The molecular weight excluding hydrogens is 273 g/mol. The fourth-order valence-electron chi connectivity index (χ4n) is 1.83. The van der Waals surface area contributed by atoms with Gasteiger partial charge in [0.25, 0.3) is 5.91 Å². The van der Waals surface area contributed by atoms with Crippen LogP contribution in [0.2, 0.25) is 0 Å². The summed E-state index contributed by atoms with van der Waals surface area (Å²) in [5.41, 5.74) is 1.60. The number of hydrogen-bond donors (Lipinski definition) is 1. The maximum absolute atomic E-state index is 13.0. The third kappa shape index (κ3) is 2.92. The smallest absolute Gasteiger partial charge is 0.255 e. The van der Waals surface area contributed by atoms with E-state index in [0.29, 0.717) is 5.69 Å². The number of carbonyl (C=O) groups is 1. The molecule has 0 radical (unpaired) electrons. The molecule has 0 aliphatic carbocycles. The Morgan fingerprint density at radius 2 is 1.95 bits per heavy atom. The highest BCUT2D eigenvalue weighted by Crippen LogP contribution is 2.15. The van der Waals surface area contributed by atoms with Crippen LogP contribution in [-0.2, 0) is 0 Å². The van der Waals surface area contributed by atoms with Crippen LogP contribution in [0.25, 0.3) is 5.69 Å². The van der Waals surface area contributed by atoms with Crippen molar-refractivity contribution in [2.45, 2.75) is 0 Å². The van der Waals surface area contributed by atoms with Gasteiger partial charge in [-0.3, -0.25) is 9.36 Å². The van der Waals surface area contributed by atoms with Crippen molar-refractivity contribution in [2.24, 2.45) is 0 Å². The molecule has 1 aromatic carbocycles. The van der Waals surface area contributed by atoms with Crippen LogP contribution >= 0.6 is 0 Å². The third-order valence-corrected chi connectivity index (χ3v) is 2.81. The highest BCUT2D eigenvalue weighted by molar-refractivity contribution is 6.04. The molecule has 1 N–H and O–H groups in total. The molecule has 21 heavy (non-hydrogen) atoms. The molecule has 0 bridgehead atoms. The van der Waals surface area contributed by atoms with Gasteiger partial charge in [-0.1, -0.05) is 6.07 Å². The zero-order valence-corrected chi connectivity index (χ0v) is 10.8. The normalized spacial score (nSPS) is 10.3. The number of nitrogens with one attached hydrogen (secondary N) is 1. The Morgan fingerprint density at radius 3 is 2.71 bits per heavy atom. The van der Waals surface area contributed by atoms with Gasteiger partial charge in [-0.05, 0) is 24.3 Å². The number of anilines is 1. The second-order valence-electron chi connectivity index (χ2n) is 4.24. The Kier molecular flexibility index (Phi) is 3.38. The van der Waals surface area contributed by atoms with Crippen LogP contribution in [-0.4, -0.2) is 25.7 Å². The van der Waals surface area contributed by atoms with Crippen molar-refractivity contribution >= 4 is 11.6 Å². The van der Waals surface area contributed by atoms with E-state index >= 15 is 0 Å². The van der Waals surface area contributed by atoms with Gasteiger partial charge in [0.05, 0.1) is 5.69 Å². The highest BCUT2D eigenvalue weighted by atomic mass is 19.1. The lowest BCUT2D eigenvalue weighted by atomic mass is 10.2. The lowest BCUT2D eigenvalue weighted by Crippen LogP contribution is -2.12. The Balaban J connectivity index is 1.82. The maximum Gasteiger partial charge on any atom is 0.255 e. The molecule has 7 heteroatoms. The molecule has 0 saturated carbocycles. The molecule has 0 aliphatic heterocycles. The molecule has 6 nitrogen and oxygen atoms in total. The van der Waals surface area contributed by atoms with Crippen molar-refractivity contribution in [3.63, 3.8) is 0 Å². The fourth-order valence-corrected chi connectivity index (χ4v) is 1.83. The van der Waals surface area contributed by atoms with Crippen molar-refractivity contribution in [1.82, 2.24) is 19.7 Å². The lowest BCUT2D eigenvalue weighted by Gasteiger charge is -2.07. The molecule has 0 unspecified atom stereocenters. The summed E-state index contributed by atoms with van der Waals surface area (Å²) < 4.78 is 14.7. The number of pyridine rings is 1. The zero-order chi connectivity index (χ0) is 14.7. The molecule has 0 atom stereocenters. The van der Waals surface area contributed by atoms with Crippen molar-refractivity contribution in [3.8, 4) is 5.69 Å². The summed E-state index contributed by atoms with van der Waals surface area (Å²) in [4.78, 5) is 15.4. The van der Waals surface area contributed by atoms with E-state index in [9.17, 15) is 9.18 Å². The standard InChI is InChI=1S/C14H10FN5O/c15-13-6-10(4-5-16-13)14(21)19-11-2-1-3-12(7-11)20-8-17-18-9-20/h1-9H,(H,19,21). The van der Waals surface area contributed by atoms with Crippen molar-refractivity contribution < 1.29 is 9.18 Å². The van der Waals surface area contributed by atoms with Crippen LogP contribution in [0.3, 0.4) is 0 Å². The minimum absolute atomic E-state index is 0.206. The van der Waals surface area contributed by atoms with Crippen LogP contribution in [0.1, 0.15) is 10.4 Å². The molecule has 104 valence electrons. The monoisotopic (exact) mass is 283 g/mol. The van der Waals surface area contributed by atoms with Crippen LogP contribution < -0.4 is 5.32 Å². The summed E-state index contributed by atoms with van der Waals surface area (Å²) in [6, 6.07) is 9.67. The van der Waals surface area contributed by atoms with E-state index in [1.165, 1.54) is 12.3 Å². The first-order valence-electron chi connectivity index (χ1n) is 6.10. The van der Waals surface area contributed by atoms with Gasteiger partial charge in [-0.2, -0.15) is 4.39 Å². The van der Waals surface area contributed by atoms with Gasteiger partial charge in [0.2, 0.25) is 5.95 Å². The predicted molar refractivity (Wildman–Crippen MR) is 73.5 cm³/mol. The van der Waals surface area contributed by atoms with Crippen molar-refractivity contribution in [2.75, 3.05) is 5.32 Å². The molecule has 0 saturated heterocycles.